The maximum atomic E-state index is 11.9. The first-order valence-electron chi connectivity index (χ1n) is 7.31. The molecule has 1 aromatic heterocycles. The molecule has 22 heavy (non-hydrogen) atoms. The number of H-pyrrole nitrogens is 1. The Morgan fingerprint density at radius 2 is 1.77 bits per heavy atom. The average molecular weight is 301 g/mol. The normalized spacial score (nSPS) is 19.6. The molecule has 1 aliphatic heterocycles. The Kier molecular flexibility index (Phi) is 3.34. The SMILES string of the molecule is COC(=O)c1ccc(B2OC(C)(C)C(C)(C)O2)c2[nH]ccc12. The van der Waals surface area contributed by atoms with Crippen LogP contribution in [0.2, 0.25) is 0 Å². The first-order chi connectivity index (χ1) is 10.3. The van der Waals surface area contributed by atoms with Gasteiger partial charge in [0, 0.05) is 22.6 Å². The van der Waals surface area contributed by atoms with Crippen molar-refractivity contribution in [3.05, 3.63) is 30.0 Å². The van der Waals surface area contributed by atoms with Gasteiger partial charge in [-0.2, -0.15) is 0 Å². The Morgan fingerprint density at radius 1 is 1.14 bits per heavy atom. The van der Waals surface area contributed by atoms with Crippen molar-refractivity contribution in [2.45, 2.75) is 38.9 Å². The zero-order valence-electron chi connectivity index (χ0n) is 13.5. The third kappa shape index (κ3) is 2.14. The molecule has 116 valence electrons. The van der Waals surface area contributed by atoms with Gasteiger partial charge in [-0.15, -0.1) is 0 Å². The molecule has 0 aliphatic carbocycles. The Bertz CT molecular complexity index is 719. The molecule has 2 aromatic rings. The van der Waals surface area contributed by atoms with Crippen LogP contribution in [0.3, 0.4) is 0 Å². The first kappa shape index (κ1) is 15.1. The highest BCUT2D eigenvalue weighted by Gasteiger charge is 2.52. The number of aromatic nitrogens is 1. The number of rotatable bonds is 2. The van der Waals surface area contributed by atoms with Gasteiger partial charge in [-0.3, -0.25) is 0 Å². The van der Waals surface area contributed by atoms with E-state index in [4.69, 9.17) is 14.0 Å². The summed E-state index contributed by atoms with van der Waals surface area (Å²) in [7, 11) is 0.904. The molecular formula is C16H20BNO4. The number of nitrogens with one attached hydrogen (secondary N) is 1. The molecule has 0 atom stereocenters. The third-order valence-electron chi connectivity index (χ3n) is 4.67. The van der Waals surface area contributed by atoms with Crippen LogP contribution in [0.4, 0.5) is 0 Å². The molecule has 3 rings (SSSR count). The van der Waals surface area contributed by atoms with E-state index in [1.807, 2.05) is 39.8 Å². The summed E-state index contributed by atoms with van der Waals surface area (Å²) < 4.78 is 17.0. The van der Waals surface area contributed by atoms with Gasteiger partial charge in [0.25, 0.3) is 0 Å². The lowest BCUT2D eigenvalue weighted by molar-refractivity contribution is 0.00578. The minimum absolute atomic E-state index is 0.356. The summed E-state index contributed by atoms with van der Waals surface area (Å²) in [6, 6.07) is 5.46. The van der Waals surface area contributed by atoms with E-state index in [9.17, 15) is 4.79 Å². The van der Waals surface area contributed by atoms with Crippen LogP contribution in [-0.2, 0) is 14.0 Å². The predicted octanol–water partition coefficient (Wildman–Crippen LogP) is 2.25. The fourth-order valence-electron chi connectivity index (χ4n) is 2.63. The molecule has 0 amide bonds. The predicted molar refractivity (Wildman–Crippen MR) is 85.4 cm³/mol. The van der Waals surface area contributed by atoms with Crippen molar-refractivity contribution in [3.8, 4) is 0 Å². The van der Waals surface area contributed by atoms with Gasteiger partial charge in [0.05, 0.1) is 23.9 Å². The molecule has 1 aliphatic rings. The molecule has 0 saturated carbocycles. The van der Waals surface area contributed by atoms with E-state index in [0.717, 1.165) is 16.4 Å². The molecule has 6 heteroatoms. The van der Waals surface area contributed by atoms with Gasteiger partial charge in [0.2, 0.25) is 0 Å². The molecule has 1 fully saturated rings. The minimum atomic E-state index is -0.474. The topological polar surface area (TPSA) is 60.6 Å². The van der Waals surface area contributed by atoms with E-state index in [-0.39, 0.29) is 5.97 Å². The molecule has 2 heterocycles. The van der Waals surface area contributed by atoms with E-state index < -0.39 is 18.3 Å². The van der Waals surface area contributed by atoms with Crippen molar-refractivity contribution in [1.29, 1.82) is 0 Å². The van der Waals surface area contributed by atoms with Crippen LogP contribution in [0, 0.1) is 0 Å². The van der Waals surface area contributed by atoms with Crippen molar-refractivity contribution in [2.75, 3.05) is 7.11 Å². The molecular weight excluding hydrogens is 281 g/mol. The van der Waals surface area contributed by atoms with E-state index in [1.165, 1.54) is 7.11 Å². The number of carbonyl (C=O) groups is 1. The number of ether oxygens (including phenoxy) is 1. The maximum Gasteiger partial charge on any atom is 0.497 e. The van der Waals surface area contributed by atoms with Gasteiger partial charge in [0.1, 0.15) is 0 Å². The Labute approximate surface area is 130 Å². The van der Waals surface area contributed by atoms with Crippen LogP contribution in [-0.4, -0.2) is 36.4 Å². The molecule has 0 spiro atoms. The summed E-state index contributed by atoms with van der Waals surface area (Å²) in [5, 5.41) is 0.805. The highest BCUT2D eigenvalue weighted by Crippen LogP contribution is 2.37. The van der Waals surface area contributed by atoms with Crippen molar-refractivity contribution in [3.63, 3.8) is 0 Å². The molecule has 0 unspecified atom stereocenters. The van der Waals surface area contributed by atoms with E-state index in [2.05, 4.69) is 4.98 Å². The van der Waals surface area contributed by atoms with Crippen LogP contribution in [0.1, 0.15) is 38.1 Å². The van der Waals surface area contributed by atoms with Gasteiger partial charge < -0.3 is 19.0 Å². The van der Waals surface area contributed by atoms with Crippen LogP contribution < -0.4 is 5.46 Å². The van der Waals surface area contributed by atoms with Crippen molar-refractivity contribution >= 4 is 29.5 Å². The van der Waals surface area contributed by atoms with Crippen molar-refractivity contribution < 1.29 is 18.8 Å². The zero-order valence-corrected chi connectivity index (χ0v) is 13.5. The van der Waals surface area contributed by atoms with Crippen LogP contribution >= 0.6 is 0 Å². The molecule has 0 radical (unpaired) electrons. The van der Waals surface area contributed by atoms with Crippen molar-refractivity contribution in [1.82, 2.24) is 4.98 Å². The summed E-state index contributed by atoms with van der Waals surface area (Å²) in [5.41, 5.74) is 1.43. The summed E-state index contributed by atoms with van der Waals surface area (Å²) in [6.45, 7) is 8.06. The number of hydrogen-bond acceptors (Lipinski definition) is 4. The smallest absolute Gasteiger partial charge is 0.465 e. The molecule has 5 nitrogen and oxygen atoms in total. The standard InChI is InChI=1S/C16H20BNO4/c1-15(2)16(3,4)22-17(21-15)12-7-6-11(14(19)20-5)10-8-9-18-13(10)12/h6-9,18H,1-5H3. The van der Waals surface area contributed by atoms with Crippen LogP contribution in [0.5, 0.6) is 0 Å². The highest BCUT2D eigenvalue weighted by molar-refractivity contribution is 6.65. The highest BCUT2D eigenvalue weighted by atomic mass is 16.7. The largest absolute Gasteiger partial charge is 0.497 e. The number of benzene rings is 1. The van der Waals surface area contributed by atoms with Crippen molar-refractivity contribution in [2.24, 2.45) is 0 Å². The summed E-state index contributed by atoms with van der Waals surface area (Å²) in [6.07, 6.45) is 1.80. The lowest BCUT2D eigenvalue weighted by Gasteiger charge is -2.32. The fraction of sp³-hybridized carbons (Fsp3) is 0.438. The van der Waals surface area contributed by atoms with Gasteiger partial charge >= 0.3 is 13.1 Å². The number of esters is 1. The lowest BCUT2D eigenvalue weighted by Crippen LogP contribution is -2.41. The quantitative estimate of drug-likeness (QED) is 0.683. The Hall–Kier alpha value is -1.79. The third-order valence-corrected chi connectivity index (χ3v) is 4.67. The molecule has 1 N–H and O–H groups in total. The van der Waals surface area contributed by atoms with Crippen LogP contribution in [0.15, 0.2) is 24.4 Å². The van der Waals surface area contributed by atoms with E-state index >= 15 is 0 Å². The zero-order chi connectivity index (χ0) is 16.1. The maximum absolute atomic E-state index is 11.9. The number of hydrogen-bond donors (Lipinski definition) is 1. The number of aromatic amines is 1. The molecule has 1 saturated heterocycles. The van der Waals surface area contributed by atoms with E-state index in [1.54, 1.807) is 12.3 Å². The molecule has 0 bridgehead atoms. The first-order valence-corrected chi connectivity index (χ1v) is 7.31. The minimum Gasteiger partial charge on any atom is -0.465 e. The fourth-order valence-corrected chi connectivity index (χ4v) is 2.63. The Balaban J connectivity index is 2.07. The second kappa shape index (κ2) is 4.86. The van der Waals surface area contributed by atoms with Gasteiger partial charge in [-0.25, -0.2) is 4.79 Å². The second-order valence-corrected chi connectivity index (χ2v) is 6.55. The van der Waals surface area contributed by atoms with Gasteiger partial charge in [-0.05, 0) is 39.8 Å². The van der Waals surface area contributed by atoms with E-state index in [0.29, 0.717) is 5.56 Å². The van der Waals surface area contributed by atoms with Gasteiger partial charge in [-0.1, -0.05) is 6.07 Å². The summed E-state index contributed by atoms with van der Waals surface area (Å²) in [5.74, 6) is -0.356. The lowest BCUT2D eigenvalue weighted by atomic mass is 9.77. The molecule has 1 aromatic carbocycles. The van der Waals surface area contributed by atoms with Crippen LogP contribution in [0.25, 0.3) is 10.9 Å². The summed E-state index contributed by atoms with van der Waals surface area (Å²) in [4.78, 5) is 15.0. The van der Waals surface area contributed by atoms with Gasteiger partial charge in [0.15, 0.2) is 0 Å². The second-order valence-electron chi connectivity index (χ2n) is 6.55. The number of methoxy groups -OCH3 is 1. The monoisotopic (exact) mass is 301 g/mol. The number of fused-ring (bicyclic) bond motifs is 1. The number of carbonyl (C=O) groups excluding carboxylic acids is 1. The summed E-state index contributed by atoms with van der Waals surface area (Å²) >= 11 is 0. The average Bonchev–Trinajstić information content (AvgIpc) is 3.00. The Morgan fingerprint density at radius 3 is 2.36 bits per heavy atom.